The molecule has 0 unspecified atom stereocenters. The fourth-order valence-corrected chi connectivity index (χ4v) is 4.76. The molecule has 0 radical (unpaired) electrons. The van der Waals surface area contributed by atoms with Crippen LogP contribution in [0.25, 0.3) is 0 Å². The summed E-state index contributed by atoms with van der Waals surface area (Å²) in [6.07, 6.45) is 0. The maximum absolute atomic E-state index is 13.6. The predicted molar refractivity (Wildman–Crippen MR) is 137 cm³/mol. The van der Waals surface area contributed by atoms with Gasteiger partial charge in [-0.2, -0.15) is 5.10 Å². The molecule has 1 amide bonds. The number of nitrogens with zero attached hydrogens (tertiary/aromatic N) is 2. The summed E-state index contributed by atoms with van der Waals surface area (Å²) in [5.41, 5.74) is 5.03. The van der Waals surface area contributed by atoms with E-state index in [1.165, 1.54) is 32.4 Å². The summed E-state index contributed by atoms with van der Waals surface area (Å²) in [7, 11) is -1.26. The number of hydrogen-bond donors (Lipinski definition) is 1. The summed E-state index contributed by atoms with van der Waals surface area (Å²) < 4.78 is 38.7. The number of nitrogens with one attached hydrogen (secondary N) is 1. The SMILES string of the molecule is COc1ccc(S(=O)(=O)N(CC(=O)N/N=C(/C)c2ccc(Cl)cc2)c2ccc(C)cc2)cc1OC. The number of methoxy groups -OCH3 is 2. The Kier molecular flexibility index (Phi) is 8.37. The average molecular weight is 516 g/mol. The van der Waals surface area contributed by atoms with Gasteiger partial charge in [0.2, 0.25) is 0 Å². The fraction of sp³-hybridized carbons (Fsp3) is 0.200. The molecule has 0 heterocycles. The summed E-state index contributed by atoms with van der Waals surface area (Å²) in [6, 6.07) is 18.1. The Balaban J connectivity index is 1.91. The van der Waals surface area contributed by atoms with Crippen LogP contribution < -0.4 is 19.2 Å². The number of amides is 1. The third kappa shape index (κ3) is 6.32. The van der Waals surface area contributed by atoms with Crippen LogP contribution in [0.5, 0.6) is 11.5 Å². The minimum Gasteiger partial charge on any atom is -0.493 e. The van der Waals surface area contributed by atoms with Crippen LogP contribution in [0.3, 0.4) is 0 Å². The number of halogens is 1. The third-order valence-electron chi connectivity index (χ3n) is 5.16. The molecule has 0 spiro atoms. The van der Waals surface area contributed by atoms with E-state index in [1.54, 1.807) is 55.5 Å². The van der Waals surface area contributed by atoms with Gasteiger partial charge in [0.25, 0.3) is 15.9 Å². The number of hydrazone groups is 1. The molecule has 3 aromatic rings. The van der Waals surface area contributed by atoms with Crippen molar-refractivity contribution in [2.45, 2.75) is 18.7 Å². The van der Waals surface area contributed by atoms with Crippen LogP contribution in [0.2, 0.25) is 5.02 Å². The van der Waals surface area contributed by atoms with Gasteiger partial charge in [0, 0.05) is 11.1 Å². The van der Waals surface area contributed by atoms with Crippen LogP contribution in [0.4, 0.5) is 5.69 Å². The molecular formula is C25H26ClN3O5S. The number of rotatable bonds is 9. The number of carbonyl (C=O) groups is 1. The second-order valence-corrected chi connectivity index (χ2v) is 9.90. The molecule has 0 saturated carbocycles. The van der Waals surface area contributed by atoms with Crippen LogP contribution in [0.1, 0.15) is 18.1 Å². The lowest BCUT2D eigenvalue weighted by Crippen LogP contribution is -2.39. The second-order valence-electron chi connectivity index (χ2n) is 7.60. The molecule has 10 heteroatoms. The lowest BCUT2D eigenvalue weighted by atomic mass is 10.1. The minimum atomic E-state index is -4.14. The highest BCUT2D eigenvalue weighted by molar-refractivity contribution is 7.92. The molecule has 35 heavy (non-hydrogen) atoms. The zero-order valence-electron chi connectivity index (χ0n) is 19.8. The maximum atomic E-state index is 13.6. The van der Waals surface area contributed by atoms with Crippen LogP contribution in [-0.2, 0) is 14.8 Å². The highest BCUT2D eigenvalue weighted by Gasteiger charge is 2.28. The Hall–Kier alpha value is -3.56. The number of sulfonamides is 1. The normalized spacial score (nSPS) is 11.6. The summed E-state index contributed by atoms with van der Waals surface area (Å²) in [5.74, 6) is 0.0334. The lowest BCUT2D eigenvalue weighted by molar-refractivity contribution is -0.119. The van der Waals surface area contributed by atoms with Gasteiger partial charge < -0.3 is 9.47 Å². The Morgan fingerprint density at radius 1 is 0.971 bits per heavy atom. The van der Waals surface area contributed by atoms with Crippen molar-refractivity contribution in [3.63, 3.8) is 0 Å². The Morgan fingerprint density at radius 3 is 2.20 bits per heavy atom. The van der Waals surface area contributed by atoms with Gasteiger partial charge in [-0.25, -0.2) is 13.8 Å². The topological polar surface area (TPSA) is 97.3 Å². The molecule has 0 bridgehead atoms. The van der Waals surface area contributed by atoms with Gasteiger partial charge in [-0.3, -0.25) is 9.10 Å². The molecule has 8 nitrogen and oxygen atoms in total. The Labute approximate surface area is 210 Å². The smallest absolute Gasteiger partial charge is 0.264 e. The summed E-state index contributed by atoms with van der Waals surface area (Å²) >= 11 is 5.91. The van der Waals surface area contributed by atoms with Crippen LogP contribution in [0.15, 0.2) is 76.7 Å². The van der Waals surface area contributed by atoms with E-state index in [9.17, 15) is 13.2 Å². The van der Waals surface area contributed by atoms with Gasteiger partial charge in [0.15, 0.2) is 11.5 Å². The summed E-state index contributed by atoms with van der Waals surface area (Å²) in [4.78, 5) is 12.7. The predicted octanol–water partition coefficient (Wildman–Crippen LogP) is 4.40. The van der Waals surface area contributed by atoms with Crippen molar-refractivity contribution >= 4 is 38.9 Å². The van der Waals surface area contributed by atoms with Gasteiger partial charge in [-0.05, 0) is 55.8 Å². The standard InChI is InChI=1S/C25H26ClN3O5S/c1-17-5-11-21(12-6-17)29(35(31,32)22-13-14-23(33-3)24(15-22)34-4)16-25(30)28-27-18(2)19-7-9-20(26)10-8-19/h5-15H,16H2,1-4H3,(H,28,30)/b27-18-. The fourth-order valence-electron chi connectivity index (χ4n) is 3.20. The zero-order chi connectivity index (χ0) is 25.6. The molecule has 184 valence electrons. The molecule has 0 aliphatic carbocycles. The van der Waals surface area contributed by atoms with Crippen molar-refractivity contribution in [3.8, 4) is 11.5 Å². The van der Waals surface area contributed by atoms with E-state index in [2.05, 4.69) is 10.5 Å². The highest BCUT2D eigenvalue weighted by atomic mass is 35.5. The first-order valence-corrected chi connectivity index (χ1v) is 12.4. The maximum Gasteiger partial charge on any atom is 0.264 e. The minimum absolute atomic E-state index is 0.0515. The summed E-state index contributed by atoms with van der Waals surface area (Å²) in [6.45, 7) is 3.12. The van der Waals surface area contributed by atoms with Crippen molar-refractivity contribution in [2.24, 2.45) is 5.10 Å². The molecule has 0 aromatic heterocycles. The molecule has 0 atom stereocenters. The number of ether oxygens (including phenoxy) is 2. The summed E-state index contributed by atoms with van der Waals surface area (Å²) in [5, 5.41) is 4.69. The molecule has 3 aromatic carbocycles. The van der Waals surface area contributed by atoms with Crippen molar-refractivity contribution in [3.05, 3.63) is 82.9 Å². The van der Waals surface area contributed by atoms with Crippen LogP contribution in [-0.4, -0.2) is 40.8 Å². The highest BCUT2D eigenvalue weighted by Crippen LogP contribution is 2.32. The van der Waals surface area contributed by atoms with E-state index in [0.717, 1.165) is 15.4 Å². The number of hydrogen-bond acceptors (Lipinski definition) is 6. The Morgan fingerprint density at radius 2 is 1.60 bits per heavy atom. The third-order valence-corrected chi connectivity index (χ3v) is 7.18. The van der Waals surface area contributed by atoms with Crippen molar-refractivity contribution in [1.82, 2.24) is 5.43 Å². The Bertz CT molecular complexity index is 1320. The van der Waals surface area contributed by atoms with Crippen molar-refractivity contribution in [1.29, 1.82) is 0 Å². The van der Waals surface area contributed by atoms with E-state index in [0.29, 0.717) is 22.2 Å². The van der Waals surface area contributed by atoms with Gasteiger partial charge in [0.1, 0.15) is 6.54 Å². The van der Waals surface area contributed by atoms with Crippen LogP contribution in [0, 0.1) is 6.92 Å². The number of aryl methyl sites for hydroxylation is 1. The van der Waals surface area contributed by atoms with E-state index in [1.807, 2.05) is 6.92 Å². The largest absolute Gasteiger partial charge is 0.493 e. The number of anilines is 1. The molecule has 0 saturated heterocycles. The first kappa shape index (κ1) is 26.1. The van der Waals surface area contributed by atoms with E-state index >= 15 is 0 Å². The molecular weight excluding hydrogens is 490 g/mol. The van der Waals surface area contributed by atoms with Gasteiger partial charge in [-0.15, -0.1) is 0 Å². The van der Waals surface area contributed by atoms with Crippen molar-refractivity contribution in [2.75, 3.05) is 25.1 Å². The van der Waals surface area contributed by atoms with Crippen LogP contribution >= 0.6 is 11.6 Å². The zero-order valence-corrected chi connectivity index (χ0v) is 21.4. The van der Waals surface area contributed by atoms with E-state index in [-0.39, 0.29) is 10.6 Å². The van der Waals surface area contributed by atoms with E-state index < -0.39 is 22.5 Å². The first-order valence-electron chi connectivity index (χ1n) is 10.6. The van der Waals surface area contributed by atoms with Crippen molar-refractivity contribution < 1.29 is 22.7 Å². The second kappa shape index (κ2) is 11.2. The van der Waals surface area contributed by atoms with E-state index in [4.69, 9.17) is 21.1 Å². The van der Waals surface area contributed by atoms with Gasteiger partial charge >= 0.3 is 0 Å². The monoisotopic (exact) mass is 515 g/mol. The van der Waals surface area contributed by atoms with Gasteiger partial charge in [0.05, 0.1) is 30.5 Å². The quantitative estimate of drug-likeness (QED) is 0.336. The first-order chi connectivity index (χ1) is 16.6. The number of carbonyl (C=O) groups excluding carboxylic acids is 1. The van der Waals surface area contributed by atoms with Gasteiger partial charge in [-0.1, -0.05) is 41.4 Å². The molecule has 0 aliphatic rings. The molecule has 0 aliphatic heterocycles. The molecule has 0 fully saturated rings. The lowest BCUT2D eigenvalue weighted by Gasteiger charge is -2.24. The average Bonchev–Trinajstić information content (AvgIpc) is 2.86. The number of benzene rings is 3. The molecule has 3 rings (SSSR count). The molecule has 1 N–H and O–H groups in total.